The van der Waals surface area contributed by atoms with E-state index in [1.807, 2.05) is 6.20 Å². The number of anilines is 11. The first-order valence-corrected chi connectivity index (χ1v) is 34.2. The van der Waals surface area contributed by atoms with Crippen LogP contribution in [0.3, 0.4) is 0 Å². The third-order valence-corrected chi connectivity index (χ3v) is 20.7. The lowest BCUT2D eigenvalue weighted by Gasteiger charge is -2.44. The van der Waals surface area contributed by atoms with E-state index in [2.05, 4.69) is 399 Å². The largest absolute Gasteiger partial charge is 0.458 e. The molecule has 2 aliphatic heterocycles. The monoisotopic (exact) mass is 1260 g/mol. The summed E-state index contributed by atoms with van der Waals surface area (Å²) in [6, 6.07) is 121. The molecular formula is C90H75B2N5O. The number of ether oxygens (including phenoxy) is 1. The molecule has 2 atom stereocenters. The number of hydrogen-bond acceptors (Lipinski definition) is 6. The van der Waals surface area contributed by atoms with Gasteiger partial charge >= 0.3 is 0 Å². The van der Waals surface area contributed by atoms with E-state index in [-0.39, 0.29) is 25.3 Å². The van der Waals surface area contributed by atoms with E-state index < -0.39 is 5.41 Å². The fourth-order valence-corrected chi connectivity index (χ4v) is 16.1. The molecule has 1 aliphatic carbocycles. The molecule has 98 heavy (non-hydrogen) atoms. The predicted octanol–water partition coefficient (Wildman–Crippen LogP) is 20.9. The molecule has 0 amide bonds. The first-order chi connectivity index (χ1) is 48.2. The summed E-state index contributed by atoms with van der Waals surface area (Å²) < 4.78 is 8.03. The molecule has 1 unspecified atom stereocenters. The lowest BCUT2D eigenvalue weighted by atomic mass is 9.28. The van der Waals surface area contributed by atoms with Crippen LogP contribution in [0.2, 0.25) is 5.82 Å². The highest BCUT2D eigenvalue weighted by atomic mass is 16.5. The van der Waals surface area contributed by atoms with Crippen molar-refractivity contribution in [3.63, 3.8) is 0 Å². The Hall–Kier alpha value is -11.7. The van der Waals surface area contributed by atoms with E-state index in [1.165, 1.54) is 33.2 Å². The smallest absolute Gasteiger partial charge is 0.252 e. The van der Waals surface area contributed by atoms with Crippen molar-refractivity contribution >= 4 is 104 Å². The van der Waals surface area contributed by atoms with Crippen LogP contribution in [0.4, 0.5) is 62.6 Å². The Labute approximate surface area is 578 Å². The molecule has 0 N–H and O–H groups in total. The van der Waals surface area contributed by atoms with Crippen LogP contribution in [-0.4, -0.2) is 26.5 Å². The van der Waals surface area contributed by atoms with Gasteiger partial charge in [-0.15, -0.1) is 0 Å². The Bertz CT molecular complexity index is 4940. The molecule has 13 aromatic rings. The molecule has 3 aliphatic rings. The number of fused-ring (bicyclic) bond motifs is 5. The molecule has 0 bridgehead atoms. The molecule has 13 aromatic carbocycles. The zero-order valence-corrected chi connectivity index (χ0v) is 56.0. The first kappa shape index (κ1) is 61.2. The van der Waals surface area contributed by atoms with Gasteiger partial charge in [0.1, 0.15) is 11.5 Å². The molecule has 0 saturated carbocycles. The second kappa shape index (κ2) is 25.8. The molecular weight excluding hydrogens is 1190 g/mol. The number of hydrogen-bond donors (Lipinski definition) is 0. The van der Waals surface area contributed by atoms with Crippen LogP contribution in [-0.2, 0) is 5.41 Å². The maximum Gasteiger partial charge on any atom is 0.252 e. The molecule has 16 rings (SSSR count). The van der Waals surface area contributed by atoms with E-state index in [0.717, 1.165) is 107 Å². The Kier molecular flexibility index (Phi) is 16.1. The van der Waals surface area contributed by atoms with Crippen LogP contribution in [0.5, 0.6) is 11.5 Å². The highest BCUT2D eigenvalue weighted by Crippen LogP contribution is 2.57. The summed E-state index contributed by atoms with van der Waals surface area (Å²) in [5.41, 5.74) is 25.4. The molecule has 472 valence electrons. The van der Waals surface area contributed by atoms with Gasteiger partial charge in [0.25, 0.3) is 6.71 Å². The lowest BCUT2D eigenvalue weighted by molar-refractivity contribution is 0.487. The first-order valence-electron chi connectivity index (χ1n) is 34.2. The molecule has 0 spiro atoms. The molecule has 8 heteroatoms. The van der Waals surface area contributed by atoms with Gasteiger partial charge in [0, 0.05) is 110 Å². The van der Waals surface area contributed by atoms with Gasteiger partial charge in [0.2, 0.25) is 6.71 Å². The van der Waals surface area contributed by atoms with Gasteiger partial charge in [-0.05, 0) is 125 Å². The maximum atomic E-state index is 8.03. The van der Waals surface area contributed by atoms with E-state index in [1.54, 1.807) is 0 Å². The summed E-state index contributed by atoms with van der Waals surface area (Å²) in [6.07, 6.45) is 1.98. The average molecular weight is 1260 g/mol. The predicted molar refractivity (Wildman–Crippen MR) is 417 cm³/mol. The van der Waals surface area contributed by atoms with Crippen LogP contribution >= 0.6 is 0 Å². The van der Waals surface area contributed by atoms with Crippen molar-refractivity contribution in [2.75, 3.05) is 31.5 Å². The van der Waals surface area contributed by atoms with Crippen molar-refractivity contribution in [2.45, 2.75) is 45.0 Å². The molecule has 2 heterocycles. The maximum absolute atomic E-state index is 8.03. The molecule has 0 aromatic heterocycles. The molecule has 0 saturated heterocycles. The lowest BCUT2D eigenvalue weighted by Crippen LogP contribution is -2.58. The third kappa shape index (κ3) is 10.6. The Morgan fingerprint density at radius 1 is 0.459 bits per heavy atom. The summed E-state index contributed by atoms with van der Waals surface area (Å²) in [6.45, 7) is 13.8. The Morgan fingerprint density at radius 3 is 1.50 bits per heavy atom. The van der Waals surface area contributed by atoms with Gasteiger partial charge in [-0.1, -0.05) is 280 Å². The zero-order valence-electron chi connectivity index (χ0n) is 56.0. The third-order valence-electron chi connectivity index (χ3n) is 20.7. The van der Waals surface area contributed by atoms with Crippen molar-refractivity contribution in [3.05, 3.63) is 363 Å². The second-order valence-corrected chi connectivity index (χ2v) is 26.5. The van der Waals surface area contributed by atoms with Crippen LogP contribution in [0, 0.1) is 0 Å². The fourth-order valence-electron chi connectivity index (χ4n) is 16.1. The quantitative estimate of drug-likeness (QED) is 0.0794. The molecule has 0 radical (unpaired) electrons. The molecule has 0 fully saturated rings. The minimum Gasteiger partial charge on any atom is -0.458 e. The summed E-state index contributed by atoms with van der Waals surface area (Å²) in [7, 11) is 2.29. The number of nitrogens with zero attached hydrogens (tertiary/aromatic N) is 5. The van der Waals surface area contributed by atoms with Crippen LogP contribution < -0.4 is 51.1 Å². The van der Waals surface area contributed by atoms with Crippen LogP contribution in [0.15, 0.2) is 352 Å². The highest BCUT2D eigenvalue weighted by molar-refractivity contribution is 6.96. The molecule has 6 nitrogen and oxygen atoms in total. The van der Waals surface area contributed by atoms with Crippen molar-refractivity contribution in [2.24, 2.45) is 0 Å². The average Bonchev–Trinajstić information content (AvgIpc) is 1.24. The highest BCUT2D eigenvalue weighted by Gasteiger charge is 2.53. The number of para-hydroxylation sites is 8. The topological polar surface area (TPSA) is 25.4 Å². The van der Waals surface area contributed by atoms with Crippen LogP contribution in [0.1, 0.15) is 38.8 Å². The summed E-state index contributed by atoms with van der Waals surface area (Å²) in [5.74, 6) is 1.53. The Balaban J connectivity index is 1.03. The van der Waals surface area contributed by atoms with E-state index in [0.29, 0.717) is 0 Å². The van der Waals surface area contributed by atoms with Gasteiger partial charge in [-0.2, -0.15) is 0 Å². The van der Waals surface area contributed by atoms with E-state index >= 15 is 0 Å². The summed E-state index contributed by atoms with van der Waals surface area (Å²) in [5, 5.41) is 0. The minimum absolute atomic E-state index is 0.0942. The summed E-state index contributed by atoms with van der Waals surface area (Å²) in [4.78, 5) is 12.2. The number of benzene rings is 13. The Morgan fingerprint density at radius 2 is 0.939 bits per heavy atom. The van der Waals surface area contributed by atoms with Crippen molar-refractivity contribution in [1.82, 2.24) is 0 Å². The van der Waals surface area contributed by atoms with Gasteiger partial charge in [-0.25, -0.2) is 0 Å². The second-order valence-electron chi connectivity index (χ2n) is 26.5. The van der Waals surface area contributed by atoms with Gasteiger partial charge in [-0.3, -0.25) is 0 Å². The van der Waals surface area contributed by atoms with Crippen LogP contribution in [0.25, 0.3) is 28.0 Å². The summed E-state index contributed by atoms with van der Waals surface area (Å²) >= 11 is 0. The minimum atomic E-state index is -0.444. The van der Waals surface area contributed by atoms with Crippen molar-refractivity contribution in [3.8, 4) is 33.8 Å². The standard InChI is InChI=1S/C90H75B2N5O/c1-7-94(67-41-20-10-21-42-67)81-58-35-34-57-78(81)91(63(2)64(3)95(68-43-22-11-23-44-68)69-45-24-12-25-46-69)79-61-80-84(62-82(79)93(6)87-74(65-37-16-8-17-38-65)54-36-55-75(87)66-39-18-9-19-40-66)98-85-60-73(96(70-47-26-13-27-48-70)71-49-28-14-29-50-71)59-83-86(85)92(80)89-88(97(83)72-51-30-15-31-52-72)76-53-32-33-56-77(76)90(89,4)5/h7-64H,1H2,2-6H3/t63?,64-/m0/s1. The number of allylic oxidation sites excluding steroid dienone is 1. The van der Waals surface area contributed by atoms with Gasteiger partial charge in [0.05, 0.1) is 11.4 Å². The number of rotatable bonds is 18. The van der Waals surface area contributed by atoms with Gasteiger partial charge < -0.3 is 29.2 Å². The van der Waals surface area contributed by atoms with E-state index in [9.17, 15) is 0 Å². The fraction of sp³-hybridized carbons (Fsp3) is 0.0889. The van der Waals surface area contributed by atoms with Crippen molar-refractivity contribution < 1.29 is 4.74 Å². The van der Waals surface area contributed by atoms with Gasteiger partial charge in [0.15, 0.2) is 0 Å². The normalized spacial score (nSPS) is 13.6. The van der Waals surface area contributed by atoms with E-state index in [4.69, 9.17) is 4.74 Å². The zero-order chi connectivity index (χ0) is 66.4. The SMILES string of the molecule is C=CN(c1ccccc1)c1ccccc1B(c1cc2c(cc1N(C)c1c(-c3ccccc3)cccc1-c1ccccc1)Oc1cc(N(c3ccccc3)c3ccccc3)cc3c1B2C1=C(c2ccccc2C1(C)C)N3c1ccccc1)C(C)[C@H](C)N(c1ccccc1)c1ccccc1. The van der Waals surface area contributed by atoms with Crippen molar-refractivity contribution in [1.29, 1.82) is 0 Å².